The summed E-state index contributed by atoms with van der Waals surface area (Å²) >= 11 is 0. The first-order chi connectivity index (χ1) is 6.84. The standard InChI is InChI=1S/C12H17NO.CH4/c14-12-6-4-11(5-7-12)10-13-8-2-1-3-9-13;/h4-7,14H,1-3,8-10H2;1H4. The van der Waals surface area contributed by atoms with Gasteiger partial charge in [-0.3, -0.25) is 4.90 Å². The zero-order chi connectivity index (χ0) is 9.80. The lowest BCUT2D eigenvalue weighted by molar-refractivity contribution is 0.221. The summed E-state index contributed by atoms with van der Waals surface area (Å²) in [6.45, 7) is 3.47. The summed E-state index contributed by atoms with van der Waals surface area (Å²) in [5, 5.41) is 9.15. The SMILES string of the molecule is C.Oc1ccc(CN2CCCCC2)cc1. The quantitative estimate of drug-likeness (QED) is 0.805. The van der Waals surface area contributed by atoms with Crippen molar-refractivity contribution in [3.8, 4) is 5.75 Å². The molecule has 2 heteroatoms. The number of hydrogen-bond acceptors (Lipinski definition) is 2. The molecule has 1 aromatic rings. The molecule has 0 radical (unpaired) electrons. The van der Waals surface area contributed by atoms with Crippen LogP contribution in [0.5, 0.6) is 5.75 Å². The second kappa shape index (κ2) is 5.76. The lowest BCUT2D eigenvalue weighted by atomic mass is 10.1. The number of phenolic OH excluding ortho intramolecular Hbond substituents is 1. The van der Waals surface area contributed by atoms with Crippen molar-refractivity contribution in [2.75, 3.05) is 13.1 Å². The molecule has 84 valence electrons. The van der Waals surface area contributed by atoms with Crippen LogP contribution in [0.2, 0.25) is 0 Å². The van der Waals surface area contributed by atoms with E-state index in [0.717, 1.165) is 6.54 Å². The van der Waals surface area contributed by atoms with E-state index >= 15 is 0 Å². The van der Waals surface area contributed by atoms with Gasteiger partial charge in [0.2, 0.25) is 0 Å². The summed E-state index contributed by atoms with van der Waals surface area (Å²) in [6, 6.07) is 7.53. The number of benzene rings is 1. The molecule has 1 saturated heterocycles. The first-order valence-corrected chi connectivity index (χ1v) is 5.35. The normalized spacial score (nSPS) is 17.1. The van der Waals surface area contributed by atoms with E-state index in [1.54, 1.807) is 12.1 Å². The van der Waals surface area contributed by atoms with Crippen molar-refractivity contribution >= 4 is 0 Å². The average molecular weight is 207 g/mol. The van der Waals surface area contributed by atoms with Gasteiger partial charge in [-0.15, -0.1) is 0 Å². The molecule has 0 aliphatic carbocycles. The molecule has 1 aromatic carbocycles. The molecule has 1 aliphatic rings. The molecular weight excluding hydrogens is 186 g/mol. The van der Waals surface area contributed by atoms with Gasteiger partial charge >= 0.3 is 0 Å². The van der Waals surface area contributed by atoms with E-state index < -0.39 is 0 Å². The van der Waals surface area contributed by atoms with Crippen LogP contribution in [0.3, 0.4) is 0 Å². The topological polar surface area (TPSA) is 23.5 Å². The van der Waals surface area contributed by atoms with Crippen molar-refractivity contribution in [3.63, 3.8) is 0 Å². The van der Waals surface area contributed by atoms with Gasteiger partial charge in [-0.05, 0) is 43.6 Å². The van der Waals surface area contributed by atoms with Crippen molar-refractivity contribution in [2.24, 2.45) is 0 Å². The largest absolute Gasteiger partial charge is 0.508 e. The van der Waals surface area contributed by atoms with Crippen LogP contribution in [0.25, 0.3) is 0 Å². The third-order valence-electron chi connectivity index (χ3n) is 2.79. The predicted octanol–water partition coefficient (Wildman–Crippen LogP) is 3.01. The maximum atomic E-state index is 9.15. The fourth-order valence-electron chi connectivity index (χ4n) is 1.98. The summed E-state index contributed by atoms with van der Waals surface area (Å²) in [5.74, 6) is 0.354. The molecule has 0 unspecified atom stereocenters. The van der Waals surface area contributed by atoms with E-state index in [4.69, 9.17) is 5.11 Å². The highest BCUT2D eigenvalue weighted by Crippen LogP contribution is 2.15. The van der Waals surface area contributed by atoms with Gasteiger partial charge in [0.05, 0.1) is 0 Å². The first-order valence-electron chi connectivity index (χ1n) is 5.35. The number of phenols is 1. The lowest BCUT2D eigenvalue weighted by Gasteiger charge is -2.26. The predicted molar refractivity (Wildman–Crippen MR) is 64.0 cm³/mol. The summed E-state index contributed by atoms with van der Waals surface area (Å²) in [4.78, 5) is 2.48. The highest BCUT2D eigenvalue weighted by molar-refractivity contribution is 5.25. The molecule has 1 aliphatic heterocycles. The van der Waals surface area contributed by atoms with E-state index in [1.807, 2.05) is 12.1 Å². The zero-order valence-corrected chi connectivity index (χ0v) is 8.45. The van der Waals surface area contributed by atoms with Crippen molar-refractivity contribution in [3.05, 3.63) is 29.8 Å². The molecule has 0 amide bonds. The van der Waals surface area contributed by atoms with Gasteiger partial charge in [0.1, 0.15) is 5.75 Å². The molecular formula is C13H21NO. The van der Waals surface area contributed by atoms with Crippen molar-refractivity contribution in [1.29, 1.82) is 0 Å². The highest BCUT2D eigenvalue weighted by Gasteiger charge is 2.09. The molecule has 0 bridgehead atoms. The van der Waals surface area contributed by atoms with Gasteiger partial charge in [0, 0.05) is 6.54 Å². The second-order valence-electron chi connectivity index (χ2n) is 4.00. The smallest absolute Gasteiger partial charge is 0.115 e. The van der Waals surface area contributed by atoms with Crippen molar-refractivity contribution in [1.82, 2.24) is 4.90 Å². The minimum absolute atomic E-state index is 0. The fraction of sp³-hybridized carbons (Fsp3) is 0.538. The maximum Gasteiger partial charge on any atom is 0.115 e. The summed E-state index contributed by atoms with van der Waals surface area (Å²) in [7, 11) is 0. The summed E-state index contributed by atoms with van der Waals surface area (Å²) < 4.78 is 0. The van der Waals surface area contributed by atoms with Gasteiger partial charge in [-0.1, -0.05) is 26.0 Å². The van der Waals surface area contributed by atoms with Crippen LogP contribution < -0.4 is 0 Å². The molecule has 1 heterocycles. The number of rotatable bonds is 2. The van der Waals surface area contributed by atoms with E-state index in [0.29, 0.717) is 5.75 Å². The molecule has 0 atom stereocenters. The number of aromatic hydroxyl groups is 1. The average Bonchev–Trinajstić information content (AvgIpc) is 2.23. The molecule has 1 fully saturated rings. The minimum atomic E-state index is 0. The highest BCUT2D eigenvalue weighted by atomic mass is 16.3. The Labute approximate surface area is 92.5 Å². The molecule has 15 heavy (non-hydrogen) atoms. The number of piperidine rings is 1. The number of hydrogen-bond donors (Lipinski definition) is 1. The van der Waals surface area contributed by atoms with Crippen LogP contribution in [0.15, 0.2) is 24.3 Å². The van der Waals surface area contributed by atoms with E-state index in [1.165, 1.54) is 37.9 Å². The van der Waals surface area contributed by atoms with Crippen LogP contribution in [0.1, 0.15) is 32.3 Å². The molecule has 0 spiro atoms. The Balaban J connectivity index is 0.00000112. The van der Waals surface area contributed by atoms with Gasteiger partial charge in [0.15, 0.2) is 0 Å². The fourth-order valence-corrected chi connectivity index (χ4v) is 1.98. The van der Waals surface area contributed by atoms with Crippen LogP contribution in [-0.2, 0) is 6.54 Å². The molecule has 0 saturated carbocycles. The first kappa shape index (κ1) is 12.1. The van der Waals surface area contributed by atoms with E-state index in [-0.39, 0.29) is 7.43 Å². The molecule has 2 rings (SSSR count). The van der Waals surface area contributed by atoms with Crippen LogP contribution in [0, 0.1) is 0 Å². The third kappa shape index (κ3) is 3.56. The summed E-state index contributed by atoms with van der Waals surface area (Å²) in [5.41, 5.74) is 1.30. The van der Waals surface area contributed by atoms with Gasteiger partial charge in [-0.2, -0.15) is 0 Å². The van der Waals surface area contributed by atoms with Crippen molar-refractivity contribution in [2.45, 2.75) is 33.2 Å². The maximum absolute atomic E-state index is 9.15. The second-order valence-corrected chi connectivity index (χ2v) is 4.00. The molecule has 1 N–H and O–H groups in total. The Bertz CT molecular complexity index is 275. The van der Waals surface area contributed by atoms with Crippen LogP contribution in [0.4, 0.5) is 0 Å². The van der Waals surface area contributed by atoms with E-state index in [2.05, 4.69) is 4.90 Å². The van der Waals surface area contributed by atoms with Crippen LogP contribution in [-0.4, -0.2) is 23.1 Å². The van der Waals surface area contributed by atoms with Gasteiger partial charge < -0.3 is 5.11 Å². The van der Waals surface area contributed by atoms with E-state index in [9.17, 15) is 0 Å². The van der Waals surface area contributed by atoms with Gasteiger partial charge in [0.25, 0.3) is 0 Å². The van der Waals surface area contributed by atoms with Gasteiger partial charge in [-0.25, -0.2) is 0 Å². The monoisotopic (exact) mass is 207 g/mol. The Morgan fingerprint density at radius 3 is 2.20 bits per heavy atom. The number of likely N-dealkylation sites (tertiary alicyclic amines) is 1. The Kier molecular flexibility index (Phi) is 4.63. The van der Waals surface area contributed by atoms with Crippen molar-refractivity contribution < 1.29 is 5.11 Å². The van der Waals surface area contributed by atoms with Crippen LogP contribution >= 0.6 is 0 Å². The number of nitrogens with zero attached hydrogens (tertiary/aromatic N) is 1. The molecule has 2 nitrogen and oxygen atoms in total. The minimum Gasteiger partial charge on any atom is -0.508 e. The Morgan fingerprint density at radius 1 is 1.00 bits per heavy atom. The molecule has 0 aromatic heterocycles. The lowest BCUT2D eigenvalue weighted by Crippen LogP contribution is -2.28. The Morgan fingerprint density at radius 2 is 1.60 bits per heavy atom. The Hall–Kier alpha value is -1.02. The third-order valence-corrected chi connectivity index (χ3v) is 2.79. The zero-order valence-electron chi connectivity index (χ0n) is 8.45. The summed E-state index contributed by atoms with van der Waals surface area (Å²) in [6.07, 6.45) is 4.04.